The molecular formula is C19H24N5OS+. The number of aromatic nitrogens is 3. The first-order valence-corrected chi connectivity index (χ1v) is 9.57. The van der Waals surface area contributed by atoms with Gasteiger partial charge in [0.2, 0.25) is 5.82 Å². The molecule has 0 aliphatic rings. The van der Waals surface area contributed by atoms with Crippen LogP contribution in [0.2, 0.25) is 0 Å². The van der Waals surface area contributed by atoms with E-state index in [2.05, 4.69) is 57.4 Å². The van der Waals surface area contributed by atoms with E-state index in [-0.39, 0.29) is 6.03 Å². The first kappa shape index (κ1) is 18.3. The molecule has 1 aromatic carbocycles. The van der Waals surface area contributed by atoms with E-state index in [0.717, 1.165) is 26.8 Å². The molecule has 0 unspecified atom stereocenters. The predicted molar refractivity (Wildman–Crippen MR) is 102 cm³/mol. The summed E-state index contributed by atoms with van der Waals surface area (Å²) in [6.07, 6.45) is 2.10. The van der Waals surface area contributed by atoms with E-state index in [1.807, 2.05) is 31.2 Å². The van der Waals surface area contributed by atoms with Gasteiger partial charge in [0.15, 0.2) is 0 Å². The molecule has 2 heterocycles. The van der Waals surface area contributed by atoms with Crippen LogP contribution in [0.25, 0.3) is 5.65 Å². The summed E-state index contributed by atoms with van der Waals surface area (Å²) in [6, 6.07) is 12.1. The van der Waals surface area contributed by atoms with Crippen LogP contribution in [0.5, 0.6) is 0 Å². The molecule has 136 valence electrons. The number of amides is 2. The van der Waals surface area contributed by atoms with E-state index in [4.69, 9.17) is 0 Å². The molecule has 6 nitrogen and oxygen atoms in total. The van der Waals surface area contributed by atoms with Gasteiger partial charge in [0.1, 0.15) is 0 Å². The highest BCUT2D eigenvalue weighted by molar-refractivity contribution is 7.99. The Hall–Kier alpha value is -2.54. The van der Waals surface area contributed by atoms with Crippen molar-refractivity contribution < 1.29 is 9.20 Å². The summed E-state index contributed by atoms with van der Waals surface area (Å²) in [5, 5.41) is 13.1. The van der Waals surface area contributed by atoms with E-state index in [9.17, 15) is 4.79 Å². The summed E-state index contributed by atoms with van der Waals surface area (Å²) >= 11 is 1.68. The third kappa shape index (κ3) is 4.16. The van der Waals surface area contributed by atoms with Gasteiger partial charge >= 0.3 is 11.7 Å². The zero-order valence-electron chi connectivity index (χ0n) is 15.2. The van der Waals surface area contributed by atoms with Gasteiger partial charge in [-0.2, -0.15) is 0 Å². The molecule has 0 radical (unpaired) electrons. The lowest BCUT2D eigenvalue weighted by Gasteiger charge is -2.10. The molecular weight excluding hydrogens is 346 g/mol. The Morgan fingerprint density at radius 2 is 2.04 bits per heavy atom. The molecule has 0 aliphatic carbocycles. The van der Waals surface area contributed by atoms with Gasteiger partial charge in [0.05, 0.1) is 6.20 Å². The number of fused-ring (bicyclic) bond motifs is 1. The first-order valence-electron chi connectivity index (χ1n) is 8.75. The van der Waals surface area contributed by atoms with Crippen molar-refractivity contribution in [1.29, 1.82) is 0 Å². The number of nitrogens with zero attached hydrogens (tertiary/aromatic N) is 2. The Kier molecular flexibility index (Phi) is 5.78. The highest BCUT2D eigenvalue weighted by Crippen LogP contribution is 2.30. The molecule has 0 fully saturated rings. The molecule has 3 aromatic rings. The lowest BCUT2D eigenvalue weighted by molar-refractivity contribution is -0.525. The van der Waals surface area contributed by atoms with Gasteiger partial charge in [0.25, 0.3) is 0 Å². The van der Waals surface area contributed by atoms with Crippen molar-refractivity contribution in [2.24, 2.45) is 0 Å². The first-order chi connectivity index (χ1) is 12.6. The van der Waals surface area contributed by atoms with Crippen molar-refractivity contribution in [3.8, 4) is 0 Å². The number of benzene rings is 1. The number of hydrogen-bond donors (Lipinski definition) is 3. The highest BCUT2D eigenvalue weighted by atomic mass is 32.2. The standard InChI is InChI=1S/C19H23N5OS/c1-4-20-19(25)21-11-14-7-5-6-8-16(14)26-15-9-10-17-22-23-18(13(2)3)24(17)12-15/h5-10,12-13H,4,11H2,1-3H3,(H2,20,21,25)/p+1. The fraction of sp³-hybridized carbons (Fsp3) is 0.316. The van der Waals surface area contributed by atoms with E-state index < -0.39 is 0 Å². The van der Waals surface area contributed by atoms with Crippen LogP contribution in [-0.2, 0) is 6.54 Å². The fourth-order valence-corrected chi connectivity index (χ4v) is 3.63. The van der Waals surface area contributed by atoms with Gasteiger partial charge in [-0.25, -0.2) is 9.20 Å². The van der Waals surface area contributed by atoms with Crippen molar-refractivity contribution in [2.45, 2.75) is 43.0 Å². The number of H-pyrrole nitrogens is 1. The minimum absolute atomic E-state index is 0.149. The van der Waals surface area contributed by atoms with Crippen LogP contribution >= 0.6 is 11.8 Å². The third-order valence-electron chi connectivity index (χ3n) is 3.97. The molecule has 0 saturated heterocycles. The van der Waals surface area contributed by atoms with Crippen molar-refractivity contribution in [1.82, 2.24) is 20.8 Å². The van der Waals surface area contributed by atoms with Gasteiger partial charge in [0, 0.05) is 40.0 Å². The summed E-state index contributed by atoms with van der Waals surface area (Å²) < 4.78 is 2.10. The number of carbonyl (C=O) groups excluding carboxylic acids is 1. The molecule has 0 atom stereocenters. The molecule has 0 aliphatic heterocycles. The largest absolute Gasteiger partial charge is 0.338 e. The van der Waals surface area contributed by atoms with Crippen molar-refractivity contribution in [3.63, 3.8) is 0 Å². The predicted octanol–water partition coefficient (Wildman–Crippen LogP) is 3.24. The second-order valence-electron chi connectivity index (χ2n) is 6.28. The quantitative estimate of drug-likeness (QED) is 0.583. The maximum absolute atomic E-state index is 11.7. The SMILES string of the molecule is CCNC(=O)NCc1ccccc1Sc1ccc2n[nH]c(C(C)C)[n+]2c1. The lowest BCUT2D eigenvalue weighted by atomic mass is 10.2. The summed E-state index contributed by atoms with van der Waals surface area (Å²) in [6.45, 7) is 7.29. The molecule has 26 heavy (non-hydrogen) atoms. The third-order valence-corrected chi connectivity index (χ3v) is 5.06. The molecule has 2 aromatic heterocycles. The Morgan fingerprint density at radius 3 is 2.81 bits per heavy atom. The summed E-state index contributed by atoms with van der Waals surface area (Å²) in [4.78, 5) is 13.9. The van der Waals surface area contributed by atoms with E-state index in [0.29, 0.717) is 19.0 Å². The minimum atomic E-state index is -0.149. The minimum Gasteiger partial charge on any atom is -0.338 e. The molecule has 7 heteroatoms. The molecule has 0 bridgehead atoms. The zero-order valence-corrected chi connectivity index (χ0v) is 16.1. The number of nitrogens with one attached hydrogen (secondary N) is 3. The van der Waals surface area contributed by atoms with E-state index in [1.165, 1.54) is 0 Å². The van der Waals surface area contributed by atoms with Crippen LogP contribution in [0.1, 0.15) is 38.1 Å². The van der Waals surface area contributed by atoms with Gasteiger partial charge in [-0.05, 0) is 24.6 Å². The summed E-state index contributed by atoms with van der Waals surface area (Å²) in [5.74, 6) is 1.44. The number of urea groups is 1. The monoisotopic (exact) mass is 370 g/mol. The Labute approximate surface area is 157 Å². The highest BCUT2D eigenvalue weighted by Gasteiger charge is 2.17. The average Bonchev–Trinajstić information content (AvgIpc) is 3.05. The van der Waals surface area contributed by atoms with Gasteiger partial charge in [-0.1, -0.05) is 43.8 Å². The van der Waals surface area contributed by atoms with Crippen molar-refractivity contribution in [3.05, 3.63) is 54.0 Å². The smallest absolute Gasteiger partial charge is 0.315 e. The maximum atomic E-state index is 11.7. The van der Waals surface area contributed by atoms with Gasteiger partial charge in [-0.15, -0.1) is 5.10 Å². The molecule has 0 saturated carbocycles. The fourth-order valence-electron chi connectivity index (χ4n) is 2.67. The summed E-state index contributed by atoms with van der Waals surface area (Å²) in [7, 11) is 0. The number of pyridine rings is 1. The van der Waals surface area contributed by atoms with Crippen LogP contribution in [0.15, 0.2) is 52.4 Å². The molecule has 3 rings (SSSR count). The van der Waals surface area contributed by atoms with Crippen LogP contribution < -0.4 is 15.0 Å². The Balaban J connectivity index is 1.81. The maximum Gasteiger partial charge on any atom is 0.315 e. The molecule has 2 amide bonds. The average molecular weight is 371 g/mol. The van der Waals surface area contributed by atoms with Crippen LogP contribution in [0.3, 0.4) is 0 Å². The number of rotatable bonds is 6. The van der Waals surface area contributed by atoms with Crippen LogP contribution in [0, 0.1) is 0 Å². The zero-order chi connectivity index (χ0) is 18.5. The number of aromatic amines is 1. The number of hydrogen-bond acceptors (Lipinski definition) is 3. The van der Waals surface area contributed by atoms with E-state index >= 15 is 0 Å². The lowest BCUT2D eigenvalue weighted by Crippen LogP contribution is -2.34. The van der Waals surface area contributed by atoms with Gasteiger partial charge < -0.3 is 10.6 Å². The van der Waals surface area contributed by atoms with E-state index in [1.54, 1.807) is 11.8 Å². The van der Waals surface area contributed by atoms with Gasteiger partial charge in [-0.3, -0.25) is 0 Å². The normalized spacial score (nSPS) is 11.1. The molecule has 0 spiro atoms. The topological polar surface area (TPSA) is 73.9 Å². The Morgan fingerprint density at radius 1 is 1.23 bits per heavy atom. The molecule has 3 N–H and O–H groups in total. The summed E-state index contributed by atoms with van der Waals surface area (Å²) in [5.41, 5.74) is 1.99. The second-order valence-corrected chi connectivity index (χ2v) is 7.39. The van der Waals surface area contributed by atoms with Crippen LogP contribution in [-0.4, -0.2) is 22.8 Å². The van der Waals surface area contributed by atoms with Crippen LogP contribution in [0.4, 0.5) is 4.79 Å². The second kappa shape index (κ2) is 8.23. The van der Waals surface area contributed by atoms with Crippen molar-refractivity contribution >= 4 is 23.4 Å². The Bertz CT molecular complexity index is 906. The number of carbonyl (C=O) groups is 1. The van der Waals surface area contributed by atoms with Crippen molar-refractivity contribution in [2.75, 3.05) is 6.54 Å².